The predicted molar refractivity (Wildman–Crippen MR) is 102 cm³/mol. The number of nitrogens with one attached hydrogen (secondary N) is 2. The number of benzene rings is 2. The molecule has 0 atom stereocenters. The Labute approximate surface area is 152 Å². The lowest BCUT2D eigenvalue weighted by molar-refractivity contribution is 0.617. The summed E-state index contributed by atoms with van der Waals surface area (Å²) in [6, 6.07) is 15.1. The first-order valence-corrected chi connectivity index (χ1v) is 8.44. The number of halogens is 1. The molecule has 2 N–H and O–H groups in total. The Hall–Kier alpha value is -3.15. The minimum atomic E-state index is -0.188. The first-order chi connectivity index (χ1) is 12.7. The summed E-state index contributed by atoms with van der Waals surface area (Å²) in [5, 5.41) is 10.9. The highest BCUT2D eigenvalue weighted by atomic mass is 19.1. The highest BCUT2D eigenvalue weighted by Gasteiger charge is 2.04. The van der Waals surface area contributed by atoms with Crippen LogP contribution in [-0.4, -0.2) is 22.8 Å². The number of aromatic nitrogens is 2. The van der Waals surface area contributed by atoms with Gasteiger partial charge in [0.2, 0.25) is 0 Å². The zero-order valence-electron chi connectivity index (χ0n) is 14.9. The van der Waals surface area contributed by atoms with Gasteiger partial charge in [-0.25, -0.2) is 9.07 Å². The molecule has 5 nitrogen and oxygen atoms in total. The summed E-state index contributed by atoms with van der Waals surface area (Å²) >= 11 is 0. The molecule has 1 heterocycles. The Bertz CT molecular complexity index is 886. The van der Waals surface area contributed by atoms with Crippen LogP contribution < -0.4 is 10.6 Å². The van der Waals surface area contributed by atoms with Crippen molar-refractivity contribution in [3.63, 3.8) is 0 Å². The minimum absolute atomic E-state index is 0.188. The van der Waals surface area contributed by atoms with E-state index in [9.17, 15) is 4.39 Å². The number of para-hydroxylation sites is 1. The Balaban J connectivity index is 1.54. The Morgan fingerprint density at radius 1 is 1.08 bits per heavy atom. The number of nitrogens with zero attached hydrogens (tertiary/aromatic N) is 3. The van der Waals surface area contributed by atoms with E-state index >= 15 is 0 Å². The molecule has 0 saturated heterocycles. The normalized spacial score (nSPS) is 11.4. The first-order valence-electron chi connectivity index (χ1n) is 8.44. The van der Waals surface area contributed by atoms with Crippen LogP contribution in [-0.2, 0) is 13.1 Å². The lowest BCUT2D eigenvalue weighted by Gasteiger charge is -2.11. The van der Waals surface area contributed by atoms with Crippen molar-refractivity contribution in [2.24, 2.45) is 4.99 Å². The van der Waals surface area contributed by atoms with Crippen molar-refractivity contribution >= 4 is 5.96 Å². The zero-order valence-corrected chi connectivity index (χ0v) is 14.9. The molecule has 0 saturated carbocycles. The third-order valence-electron chi connectivity index (χ3n) is 4.02. The van der Waals surface area contributed by atoms with Gasteiger partial charge in [0.25, 0.3) is 0 Å². The molecule has 134 valence electrons. The molecule has 2 aromatic carbocycles. The predicted octanol–water partition coefficient (Wildman–Crippen LogP) is 3.19. The lowest BCUT2D eigenvalue weighted by Crippen LogP contribution is -2.36. The fraction of sp³-hybridized carbons (Fsp3) is 0.200. The van der Waals surface area contributed by atoms with Crippen molar-refractivity contribution in [3.05, 3.63) is 83.4 Å². The van der Waals surface area contributed by atoms with Crippen molar-refractivity contribution in [1.29, 1.82) is 0 Å². The third kappa shape index (κ3) is 4.47. The molecule has 0 aliphatic heterocycles. The van der Waals surface area contributed by atoms with Gasteiger partial charge < -0.3 is 10.6 Å². The van der Waals surface area contributed by atoms with Gasteiger partial charge in [0.15, 0.2) is 5.96 Å². The highest BCUT2D eigenvalue weighted by molar-refractivity contribution is 5.79. The first kappa shape index (κ1) is 17.7. The Morgan fingerprint density at radius 3 is 2.50 bits per heavy atom. The summed E-state index contributed by atoms with van der Waals surface area (Å²) in [6.45, 7) is 2.94. The van der Waals surface area contributed by atoms with Crippen molar-refractivity contribution in [1.82, 2.24) is 20.4 Å². The molecule has 0 bridgehead atoms. The summed E-state index contributed by atoms with van der Waals surface area (Å²) in [5.41, 5.74) is 3.71. The topological polar surface area (TPSA) is 54.2 Å². The second-order valence-corrected chi connectivity index (χ2v) is 5.99. The quantitative estimate of drug-likeness (QED) is 0.548. The van der Waals surface area contributed by atoms with E-state index in [1.165, 1.54) is 6.07 Å². The zero-order chi connectivity index (χ0) is 18.4. The van der Waals surface area contributed by atoms with E-state index in [0.29, 0.717) is 24.6 Å². The Kier molecular flexibility index (Phi) is 5.63. The van der Waals surface area contributed by atoms with Crippen LogP contribution in [0.5, 0.6) is 0 Å². The van der Waals surface area contributed by atoms with Crippen molar-refractivity contribution in [2.75, 3.05) is 7.05 Å². The van der Waals surface area contributed by atoms with Gasteiger partial charge in [-0.05, 0) is 36.2 Å². The van der Waals surface area contributed by atoms with E-state index in [0.717, 1.165) is 16.8 Å². The van der Waals surface area contributed by atoms with E-state index in [2.05, 4.69) is 20.7 Å². The van der Waals surface area contributed by atoms with Crippen LogP contribution in [0.1, 0.15) is 16.7 Å². The molecular weight excluding hydrogens is 329 g/mol. The third-order valence-corrected chi connectivity index (χ3v) is 4.02. The number of aryl methyl sites for hydroxylation is 1. The molecule has 6 heteroatoms. The monoisotopic (exact) mass is 351 g/mol. The fourth-order valence-corrected chi connectivity index (χ4v) is 2.58. The fourth-order valence-electron chi connectivity index (χ4n) is 2.58. The maximum Gasteiger partial charge on any atom is 0.191 e. The number of guanidine groups is 1. The maximum absolute atomic E-state index is 13.3. The molecule has 1 aromatic heterocycles. The summed E-state index contributed by atoms with van der Waals surface area (Å²) in [5.74, 6) is 0.492. The number of rotatable bonds is 5. The standard InChI is InChI=1S/C20H22FN5/c1-15-10-16(8-9-19(15)21)11-23-20(22-2)24-12-17-13-25-26(14-17)18-6-4-3-5-7-18/h3-10,13-14H,11-12H2,1-2H3,(H2,22,23,24). The SMILES string of the molecule is CN=C(NCc1ccc(F)c(C)c1)NCc1cnn(-c2ccccc2)c1. The van der Waals surface area contributed by atoms with Gasteiger partial charge in [0.05, 0.1) is 11.9 Å². The van der Waals surface area contributed by atoms with Crippen LogP contribution in [0, 0.1) is 12.7 Å². The molecule has 0 unspecified atom stereocenters. The van der Waals surface area contributed by atoms with Gasteiger partial charge in [-0.15, -0.1) is 0 Å². The van der Waals surface area contributed by atoms with Crippen LogP contribution in [0.2, 0.25) is 0 Å². The average Bonchev–Trinajstić information content (AvgIpc) is 3.14. The smallest absolute Gasteiger partial charge is 0.191 e. The van der Waals surface area contributed by atoms with Gasteiger partial charge in [-0.1, -0.05) is 30.3 Å². The van der Waals surface area contributed by atoms with Crippen molar-refractivity contribution in [3.8, 4) is 5.69 Å². The average molecular weight is 351 g/mol. The molecule has 0 spiro atoms. The van der Waals surface area contributed by atoms with Gasteiger partial charge >= 0.3 is 0 Å². The summed E-state index contributed by atoms with van der Waals surface area (Å²) in [4.78, 5) is 4.22. The minimum Gasteiger partial charge on any atom is -0.352 e. The second-order valence-electron chi connectivity index (χ2n) is 5.99. The van der Waals surface area contributed by atoms with Gasteiger partial charge in [0, 0.05) is 31.9 Å². The van der Waals surface area contributed by atoms with E-state index in [4.69, 9.17) is 0 Å². The number of hydrogen-bond acceptors (Lipinski definition) is 2. The van der Waals surface area contributed by atoms with Crippen LogP contribution in [0.3, 0.4) is 0 Å². The van der Waals surface area contributed by atoms with Crippen molar-refractivity contribution in [2.45, 2.75) is 20.0 Å². The van der Waals surface area contributed by atoms with Crippen LogP contribution in [0.25, 0.3) is 5.69 Å². The molecule has 26 heavy (non-hydrogen) atoms. The molecular formula is C20H22FN5. The summed E-state index contributed by atoms with van der Waals surface area (Å²) < 4.78 is 15.2. The summed E-state index contributed by atoms with van der Waals surface area (Å²) in [6.07, 6.45) is 3.82. The van der Waals surface area contributed by atoms with E-state index < -0.39 is 0 Å². The molecule has 3 aromatic rings. The van der Waals surface area contributed by atoms with Gasteiger partial charge in [0.1, 0.15) is 5.82 Å². The molecule has 0 aliphatic carbocycles. The molecule has 0 amide bonds. The van der Waals surface area contributed by atoms with Crippen LogP contribution >= 0.6 is 0 Å². The second kappa shape index (κ2) is 8.29. The molecule has 3 rings (SSSR count). The molecule has 0 aliphatic rings. The van der Waals surface area contributed by atoms with Crippen LogP contribution in [0.15, 0.2) is 65.9 Å². The maximum atomic E-state index is 13.3. The Morgan fingerprint density at radius 2 is 1.81 bits per heavy atom. The molecule has 0 fully saturated rings. The van der Waals surface area contributed by atoms with Gasteiger partial charge in [-0.3, -0.25) is 4.99 Å². The summed E-state index contributed by atoms with van der Waals surface area (Å²) in [7, 11) is 1.72. The van der Waals surface area contributed by atoms with E-state index in [1.807, 2.05) is 53.5 Å². The highest BCUT2D eigenvalue weighted by Crippen LogP contribution is 2.09. The van der Waals surface area contributed by atoms with Crippen LogP contribution in [0.4, 0.5) is 4.39 Å². The lowest BCUT2D eigenvalue weighted by atomic mass is 10.1. The number of hydrogen-bond donors (Lipinski definition) is 2. The number of aliphatic imine (C=N–C) groups is 1. The van der Waals surface area contributed by atoms with Gasteiger partial charge in [-0.2, -0.15) is 5.10 Å². The van der Waals surface area contributed by atoms with Crippen molar-refractivity contribution < 1.29 is 4.39 Å². The van der Waals surface area contributed by atoms with E-state index in [-0.39, 0.29) is 5.82 Å². The largest absolute Gasteiger partial charge is 0.352 e. The van der Waals surface area contributed by atoms with E-state index in [1.54, 1.807) is 20.0 Å². The molecule has 0 radical (unpaired) electrons.